The molecule has 0 radical (unpaired) electrons. The largest absolute Gasteiger partial charge is 0.328 e. The lowest BCUT2D eigenvalue weighted by Gasteiger charge is -2.39. The van der Waals surface area contributed by atoms with Crippen LogP contribution in [0.15, 0.2) is 0 Å². The molecule has 1 unspecified atom stereocenters. The smallest absolute Gasteiger partial charge is 0.285 e. The van der Waals surface area contributed by atoms with Crippen molar-refractivity contribution in [1.29, 1.82) is 0 Å². The first-order chi connectivity index (χ1) is 17.2. The molecule has 212 valence electrons. The van der Waals surface area contributed by atoms with Gasteiger partial charge in [-0.2, -0.15) is 11.8 Å². The monoisotopic (exact) mass is 516 g/mol. The van der Waals surface area contributed by atoms with Gasteiger partial charge in [0.25, 0.3) is 5.97 Å². The van der Waals surface area contributed by atoms with E-state index in [0.29, 0.717) is 25.7 Å². The fourth-order valence-corrected chi connectivity index (χ4v) is 5.96. The van der Waals surface area contributed by atoms with E-state index in [2.05, 4.69) is 46.4 Å². The maximum absolute atomic E-state index is 6.19. The summed E-state index contributed by atoms with van der Waals surface area (Å²) in [6, 6.07) is 0. The standard InChI is InChI=1S/C31H64O3S/c1-6-11-13-15-17-18-19-20-22-24-28-35-29-25-27-30(26-23-21-16-14-12-7-2)31(32-8-3,33-9-4)34-10-5/h30H,6-29H2,1-5H3. The minimum atomic E-state index is -0.858. The van der Waals surface area contributed by atoms with Gasteiger partial charge in [-0.15, -0.1) is 0 Å². The molecular formula is C31H64O3S. The molecule has 0 aromatic carbocycles. The molecule has 0 N–H and O–H groups in total. The van der Waals surface area contributed by atoms with Gasteiger partial charge in [-0.3, -0.25) is 0 Å². The Labute approximate surface area is 225 Å². The second-order valence-corrected chi connectivity index (χ2v) is 11.3. The van der Waals surface area contributed by atoms with Crippen molar-refractivity contribution in [1.82, 2.24) is 0 Å². The van der Waals surface area contributed by atoms with Crippen molar-refractivity contribution in [2.45, 2.75) is 163 Å². The summed E-state index contributed by atoms with van der Waals surface area (Å²) in [5, 5.41) is 0. The predicted octanol–water partition coefficient (Wildman–Crippen LogP) is 10.6. The van der Waals surface area contributed by atoms with Gasteiger partial charge in [0.15, 0.2) is 0 Å². The molecule has 1 atom stereocenters. The van der Waals surface area contributed by atoms with E-state index in [9.17, 15) is 0 Å². The zero-order valence-corrected chi connectivity index (χ0v) is 25.5. The lowest BCUT2D eigenvalue weighted by molar-refractivity contribution is -0.403. The van der Waals surface area contributed by atoms with E-state index >= 15 is 0 Å². The summed E-state index contributed by atoms with van der Waals surface area (Å²) < 4.78 is 18.6. The molecule has 0 saturated carbocycles. The Bertz CT molecular complexity index is 388. The number of rotatable bonds is 29. The molecule has 0 aliphatic heterocycles. The zero-order chi connectivity index (χ0) is 25.9. The highest BCUT2D eigenvalue weighted by Gasteiger charge is 2.41. The van der Waals surface area contributed by atoms with Gasteiger partial charge in [0.2, 0.25) is 0 Å². The molecule has 0 rings (SSSR count). The Kier molecular flexibility index (Phi) is 27.4. The molecule has 0 bridgehead atoms. The van der Waals surface area contributed by atoms with Crippen LogP contribution in [0.5, 0.6) is 0 Å². The van der Waals surface area contributed by atoms with E-state index in [1.165, 1.54) is 121 Å². The highest BCUT2D eigenvalue weighted by atomic mass is 32.2. The van der Waals surface area contributed by atoms with Crippen LogP contribution in [0.25, 0.3) is 0 Å². The SMILES string of the molecule is CCCCCCCCCCCCSCCCC(CCCCCCCC)C(OCC)(OCC)OCC. The number of unbranched alkanes of at least 4 members (excludes halogenated alkanes) is 14. The molecule has 0 aromatic heterocycles. The van der Waals surface area contributed by atoms with Gasteiger partial charge in [-0.1, -0.05) is 110 Å². The highest BCUT2D eigenvalue weighted by Crippen LogP contribution is 2.34. The summed E-state index contributed by atoms with van der Waals surface area (Å²) in [6.07, 6.45) is 25.6. The van der Waals surface area contributed by atoms with Gasteiger partial charge < -0.3 is 14.2 Å². The third-order valence-corrected chi connectivity index (χ3v) is 8.08. The third-order valence-electron chi connectivity index (χ3n) is 6.93. The first kappa shape index (κ1) is 35.2. The summed E-state index contributed by atoms with van der Waals surface area (Å²) in [6.45, 7) is 12.6. The van der Waals surface area contributed by atoms with Crippen molar-refractivity contribution >= 4 is 11.8 Å². The molecule has 0 spiro atoms. The maximum atomic E-state index is 6.19. The summed E-state index contributed by atoms with van der Waals surface area (Å²) in [7, 11) is 0. The lowest BCUT2D eigenvalue weighted by atomic mass is 9.93. The Hall–Kier alpha value is 0.230. The van der Waals surface area contributed by atoms with Gasteiger partial charge in [0.05, 0.1) is 0 Å². The van der Waals surface area contributed by atoms with E-state index in [1.807, 2.05) is 0 Å². The Morgan fingerprint density at radius 1 is 0.457 bits per heavy atom. The van der Waals surface area contributed by atoms with Crippen LogP contribution in [0, 0.1) is 5.92 Å². The summed E-state index contributed by atoms with van der Waals surface area (Å²) in [5.74, 6) is 2.01. The third kappa shape index (κ3) is 19.9. The lowest BCUT2D eigenvalue weighted by Crippen LogP contribution is -2.46. The topological polar surface area (TPSA) is 27.7 Å². The summed E-state index contributed by atoms with van der Waals surface area (Å²) in [4.78, 5) is 0. The molecule has 0 heterocycles. The van der Waals surface area contributed by atoms with Crippen molar-refractivity contribution in [2.24, 2.45) is 5.92 Å². The average molecular weight is 517 g/mol. The molecule has 0 aliphatic rings. The van der Waals surface area contributed by atoms with Crippen molar-refractivity contribution in [3.63, 3.8) is 0 Å². The van der Waals surface area contributed by atoms with Gasteiger partial charge in [-0.25, -0.2) is 0 Å². The van der Waals surface area contributed by atoms with Crippen LogP contribution in [0.4, 0.5) is 0 Å². The molecular weight excluding hydrogens is 452 g/mol. The molecule has 0 aromatic rings. The minimum absolute atomic E-state index is 0.312. The van der Waals surface area contributed by atoms with Gasteiger partial charge >= 0.3 is 0 Å². The van der Waals surface area contributed by atoms with Crippen LogP contribution in [0.1, 0.15) is 157 Å². The van der Waals surface area contributed by atoms with Crippen molar-refractivity contribution in [2.75, 3.05) is 31.3 Å². The predicted molar refractivity (Wildman–Crippen MR) is 157 cm³/mol. The van der Waals surface area contributed by atoms with Crippen LogP contribution in [0.3, 0.4) is 0 Å². The molecule has 0 saturated heterocycles. The normalized spacial score (nSPS) is 12.9. The molecule has 0 fully saturated rings. The fourth-order valence-electron chi connectivity index (χ4n) is 4.98. The minimum Gasteiger partial charge on any atom is -0.328 e. The van der Waals surface area contributed by atoms with Gasteiger partial charge in [0, 0.05) is 25.7 Å². The van der Waals surface area contributed by atoms with E-state index in [-0.39, 0.29) is 0 Å². The highest BCUT2D eigenvalue weighted by molar-refractivity contribution is 7.99. The van der Waals surface area contributed by atoms with E-state index in [1.54, 1.807) is 0 Å². The molecule has 35 heavy (non-hydrogen) atoms. The van der Waals surface area contributed by atoms with Crippen LogP contribution in [-0.2, 0) is 14.2 Å². The Morgan fingerprint density at radius 3 is 1.29 bits per heavy atom. The fraction of sp³-hybridized carbons (Fsp3) is 1.00. The quantitative estimate of drug-likeness (QED) is 0.0729. The second kappa shape index (κ2) is 27.3. The van der Waals surface area contributed by atoms with Crippen LogP contribution in [0.2, 0.25) is 0 Å². The Balaban J connectivity index is 4.27. The first-order valence-corrected chi connectivity index (χ1v) is 16.9. The second-order valence-electron chi connectivity index (χ2n) is 10.1. The maximum Gasteiger partial charge on any atom is 0.285 e. The first-order valence-electron chi connectivity index (χ1n) is 15.7. The number of hydrogen-bond acceptors (Lipinski definition) is 4. The van der Waals surface area contributed by atoms with Gasteiger partial charge in [0.1, 0.15) is 0 Å². The van der Waals surface area contributed by atoms with Crippen molar-refractivity contribution < 1.29 is 14.2 Å². The van der Waals surface area contributed by atoms with Crippen molar-refractivity contribution in [3.8, 4) is 0 Å². The molecule has 3 nitrogen and oxygen atoms in total. The van der Waals surface area contributed by atoms with Crippen molar-refractivity contribution in [3.05, 3.63) is 0 Å². The summed E-state index contributed by atoms with van der Waals surface area (Å²) >= 11 is 2.14. The van der Waals surface area contributed by atoms with Crippen LogP contribution in [-0.4, -0.2) is 37.3 Å². The molecule has 4 heteroatoms. The van der Waals surface area contributed by atoms with Crippen LogP contribution >= 0.6 is 11.8 Å². The van der Waals surface area contributed by atoms with E-state index < -0.39 is 5.97 Å². The summed E-state index contributed by atoms with van der Waals surface area (Å²) in [5.41, 5.74) is 0. The Morgan fingerprint density at radius 2 is 0.829 bits per heavy atom. The molecule has 0 aliphatic carbocycles. The van der Waals surface area contributed by atoms with E-state index in [4.69, 9.17) is 14.2 Å². The number of thioether (sulfide) groups is 1. The number of ether oxygens (including phenoxy) is 3. The average Bonchev–Trinajstić information content (AvgIpc) is 2.85. The zero-order valence-electron chi connectivity index (χ0n) is 24.7. The number of hydrogen-bond donors (Lipinski definition) is 0. The van der Waals surface area contributed by atoms with Gasteiger partial charge in [-0.05, 0) is 58.0 Å². The van der Waals surface area contributed by atoms with E-state index in [0.717, 1.165) is 12.8 Å². The van der Waals surface area contributed by atoms with Crippen LogP contribution < -0.4 is 0 Å². The molecule has 0 amide bonds.